The Bertz CT molecular complexity index is 2530. The van der Waals surface area contributed by atoms with E-state index in [0.717, 1.165) is 46.7 Å². The molecule has 0 bridgehead atoms. The summed E-state index contributed by atoms with van der Waals surface area (Å²) in [7, 11) is 6.15. The van der Waals surface area contributed by atoms with Gasteiger partial charge in [-0.3, -0.25) is 9.59 Å². The summed E-state index contributed by atoms with van der Waals surface area (Å²) >= 11 is 0. The summed E-state index contributed by atoms with van der Waals surface area (Å²) in [6, 6.07) is 9.50. The van der Waals surface area contributed by atoms with Crippen molar-refractivity contribution < 1.29 is 86.0 Å². The lowest BCUT2D eigenvalue weighted by molar-refractivity contribution is -0.192. The number of hydrogen-bond donors (Lipinski definition) is 0. The lowest BCUT2D eigenvalue weighted by atomic mass is 10.2. The van der Waals surface area contributed by atoms with Crippen LogP contribution >= 0.6 is 0 Å². The molecular weight excluding hydrogens is 1060 g/mol. The van der Waals surface area contributed by atoms with Crippen LogP contribution < -0.4 is 10.4 Å². The Morgan fingerprint density at radius 2 is 0.902 bits per heavy atom. The zero-order valence-corrected chi connectivity index (χ0v) is 48.1. The first-order valence-electron chi connectivity index (χ1n) is 23.4. The van der Waals surface area contributed by atoms with Gasteiger partial charge in [0.05, 0.1) is 41.6 Å². The largest absolute Gasteiger partial charge is 0.466 e. The van der Waals surface area contributed by atoms with Gasteiger partial charge in [0.15, 0.2) is 11.6 Å². The van der Waals surface area contributed by atoms with Gasteiger partial charge in [0.2, 0.25) is 0 Å². The van der Waals surface area contributed by atoms with Crippen molar-refractivity contribution in [1.82, 2.24) is 0 Å². The third kappa shape index (κ3) is 91.9. The van der Waals surface area contributed by atoms with Gasteiger partial charge in [-0.1, -0.05) is 156 Å². The van der Waals surface area contributed by atoms with Crippen molar-refractivity contribution in [1.29, 1.82) is 5.26 Å². The lowest BCUT2D eigenvalue weighted by Crippen LogP contribution is -2.19. The van der Waals surface area contributed by atoms with Crippen LogP contribution in [0.25, 0.3) is 13.2 Å². The first-order chi connectivity index (χ1) is 38.9. The molecule has 1 aromatic carbocycles. The number of nitriles is 1. The summed E-state index contributed by atoms with van der Waals surface area (Å²) in [4.78, 5) is 118. The molecule has 19 heteroatoms. The zero-order valence-electron chi connectivity index (χ0n) is 48.1. The molecule has 0 amide bonds. The highest BCUT2D eigenvalue weighted by Crippen LogP contribution is 1.98. The fraction of sp³-hybridized carbons (Fsp3) is 0.206. The fourth-order valence-corrected chi connectivity index (χ4v) is 2.92. The number of ketones is 3. The Kier molecular flexibility index (Phi) is 77.5. The van der Waals surface area contributed by atoms with Crippen molar-refractivity contribution in [2.75, 3.05) is 35.5 Å². The van der Waals surface area contributed by atoms with Gasteiger partial charge >= 0.3 is 47.9 Å². The zero-order chi connectivity index (χ0) is 64.8. The first kappa shape index (κ1) is 87.9. The average Bonchev–Trinajstić information content (AvgIpc) is 4.22. The van der Waals surface area contributed by atoms with Crippen molar-refractivity contribution in [3.8, 4) is 17.9 Å². The van der Waals surface area contributed by atoms with Gasteiger partial charge in [0, 0.05) is 54.7 Å². The summed E-state index contributed by atoms with van der Waals surface area (Å²) in [6.45, 7) is 31.5. The molecule has 0 radical (unpaired) electrons. The Morgan fingerprint density at radius 1 is 0.598 bits per heavy atom. The van der Waals surface area contributed by atoms with Gasteiger partial charge in [-0.05, 0) is 74.8 Å². The highest BCUT2D eigenvalue weighted by atomic mass is 16.6. The van der Waals surface area contributed by atoms with E-state index in [1.165, 1.54) is 84.8 Å². The van der Waals surface area contributed by atoms with Gasteiger partial charge in [0.25, 0.3) is 0 Å². The predicted molar refractivity (Wildman–Crippen MR) is 315 cm³/mol. The second kappa shape index (κ2) is 72.3. The van der Waals surface area contributed by atoms with E-state index in [9.17, 15) is 47.9 Å². The molecule has 1 aliphatic heterocycles. The SMILES string of the molecule is C/C=C/C(=O)OC.C1=CCC=C1.C1=CCCC=C1.C=CC#N.C=CC(=C)C.C=CC=C.C=c1ccccc1=C.CCC(C)=O.COC(=O)/C=C\C(=O)OC.COC(=O)C#CC(=O)OC.O=C1C=CC(=O)C=C1.O=C1C=CC(=O)O1.O=C=O. The van der Waals surface area contributed by atoms with Gasteiger partial charge in [-0.25, -0.2) is 33.6 Å². The predicted octanol–water partition coefficient (Wildman–Crippen LogP) is 7.94. The second-order valence-corrected chi connectivity index (χ2v) is 13.5. The molecule has 0 atom stereocenters. The van der Waals surface area contributed by atoms with Crippen molar-refractivity contribution in [3.05, 3.63) is 207 Å². The molecule has 1 aromatic rings. The van der Waals surface area contributed by atoms with E-state index in [0.29, 0.717) is 6.42 Å². The highest BCUT2D eigenvalue weighted by Gasteiger charge is 2.10. The molecule has 1 heterocycles. The summed E-state index contributed by atoms with van der Waals surface area (Å²) in [5, 5.41) is 9.52. The van der Waals surface area contributed by atoms with Crippen LogP contribution in [0.2, 0.25) is 0 Å². The molecule has 3 aliphatic carbocycles. The van der Waals surface area contributed by atoms with Crippen molar-refractivity contribution in [2.24, 2.45) is 0 Å². The van der Waals surface area contributed by atoms with Crippen LogP contribution in [0.1, 0.15) is 53.4 Å². The minimum atomic E-state index is -0.759. The summed E-state index contributed by atoms with van der Waals surface area (Å²) in [5.41, 5.74) is 1.02. The monoisotopic (exact) mass is 1130 g/mol. The number of esters is 7. The Hall–Kier alpha value is -10.8. The molecule has 0 saturated heterocycles. The number of ether oxygens (including phenoxy) is 6. The minimum Gasteiger partial charge on any atom is -0.466 e. The number of methoxy groups -OCH3 is 5. The number of nitrogens with zero attached hydrogens (tertiary/aromatic N) is 1. The van der Waals surface area contributed by atoms with Crippen LogP contribution in [0.3, 0.4) is 0 Å². The summed E-state index contributed by atoms with van der Waals surface area (Å²) in [5.74, 6) is -0.327. The van der Waals surface area contributed by atoms with Crippen LogP contribution in [0.5, 0.6) is 0 Å². The molecule has 440 valence electrons. The number of rotatable bonds is 6. The molecule has 0 fully saturated rings. The first-order valence-corrected chi connectivity index (χ1v) is 23.4. The van der Waals surface area contributed by atoms with E-state index in [-0.39, 0.29) is 29.5 Å². The van der Waals surface area contributed by atoms with Crippen molar-refractivity contribution in [3.63, 3.8) is 0 Å². The van der Waals surface area contributed by atoms with Crippen LogP contribution in [0.4, 0.5) is 0 Å². The molecule has 0 unspecified atom stereocenters. The highest BCUT2D eigenvalue weighted by molar-refractivity contribution is 6.14. The fourth-order valence-electron chi connectivity index (χ4n) is 2.92. The molecule has 19 nitrogen and oxygen atoms in total. The van der Waals surface area contributed by atoms with E-state index in [1.54, 1.807) is 44.2 Å². The van der Waals surface area contributed by atoms with Crippen LogP contribution in [-0.2, 0) is 86.0 Å². The number of carbonyl (C=O) groups is 10. The molecule has 0 aromatic heterocycles. The number of cyclic esters (lactones) is 2. The molecule has 82 heavy (non-hydrogen) atoms. The Morgan fingerprint density at radius 3 is 1.05 bits per heavy atom. The van der Waals surface area contributed by atoms with Crippen LogP contribution in [0, 0.1) is 23.2 Å². The molecule has 5 rings (SSSR count). The maximum absolute atomic E-state index is 10.3. The van der Waals surface area contributed by atoms with E-state index >= 15 is 0 Å². The van der Waals surface area contributed by atoms with Crippen LogP contribution in [0.15, 0.2) is 196 Å². The maximum Gasteiger partial charge on any atom is 0.384 e. The van der Waals surface area contributed by atoms with Gasteiger partial charge in [0.1, 0.15) is 5.78 Å². The standard InChI is InChI=1S/C8H8.C6H8O4.C6H6O4.C6H4O2.C6H8.C5H8O2.C5H6.C5H8.C4H2O3.C4H8O.C4H6.C3H3N.CO2/c1-7-5-3-4-6-8(7)2;2*1-9-5(7)3-4-6(8)10-2;7-5-1-2-6(8)4-3-5;1-2-4-6-5-3-1;1-3-4-5(6)7-2;1-2-4-5-3-1;1-4-5(2)3;5-3-1-2-4(6)7-3;1-3-4(2)5;1-3-4-2;1-2-3-4;2-1-3/h3-6H,1-2H2;3-4H,1-2H3;1-2H3;1-4H;1-4H,5-6H2;3-4H,1-2H3;1-4H,5H2;4H,1-2H2,3H3;1-2H;3H2,1-2H3;3-4H,1-2H2;2H,1H2;/b;4-3-;;;;4-3+;;;;;;;. The minimum absolute atomic E-state index is 0.121. The van der Waals surface area contributed by atoms with E-state index < -0.39 is 35.8 Å². The normalized spacial score (nSPS) is 10.7. The quantitative estimate of drug-likeness (QED) is 0.0300. The number of carbonyl (C=O) groups excluding carboxylic acids is 12. The summed E-state index contributed by atoms with van der Waals surface area (Å²) < 4.78 is 24.9. The number of hydrogen-bond acceptors (Lipinski definition) is 19. The van der Waals surface area contributed by atoms with Gasteiger partial charge < -0.3 is 33.2 Å². The maximum atomic E-state index is 10.3. The van der Waals surface area contributed by atoms with Gasteiger partial charge in [-0.2, -0.15) is 14.9 Å². The van der Waals surface area contributed by atoms with E-state index in [2.05, 4.69) is 123 Å². The number of Topliss-reactive ketones (excluding diaryl/α,β-unsaturated/α-hetero) is 1. The summed E-state index contributed by atoms with van der Waals surface area (Å²) in [6.07, 6.45) is 39.8. The molecule has 4 aliphatic rings. The number of allylic oxidation sites excluding steroid dienone is 18. The molecular formula is C63H75NO18. The lowest BCUT2D eigenvalue weighted by Gasteiger charge is -1.89. The van der Waals surface area contributed by atoms with E-state index in [1.807, 2.05) is 50.0 Å². The molecule has 0 spiro atoms. The topological polar surface area (TPSA) is 284 Å². The van der Waals surface area contributed by atoms with E-state index in [4.69, 9.17) is 14.9 Å². The average molecular weight is 1130 g/mol. The third-order valence-electron chi connectivity index (χ3n) is 7.04. The van der Waals surface area contributed by atoms with Crippen molar-refractivity contribution in [2.45, 2.75) is 53.4 Å². The Labute approximate surface area is 481 Å². The van der Waals surface area contributed by atoms with Crippen LogP contribution in [-0.4, -0.2) is 101 Å². The van der Waals surface area contributed by atoms with Crippen molar-refractivity contribution >= 4 is 78.4 Å². The third-order valence-corrected chi connectivity index (χ3v) is 7.04. The second-order valence-electron chi connectivity index (χ2n) is 13.5. The molecule has 0 N–H and O–H groups in total. The van der Waals surface area contributed by atoms with Gasteiger partial charge in [-0.15, -0.1) is 0 Å². The number of benzene rings is 1. The Balaban J connectivity index is -0.000000122. The molecule has 0 saturated carbocycles. The smallest absolute Gasteiger partial charge is 0.384 e.